The number of carbonyl (C=O) groups is 2. The van der Waals surface area contributed by atoms with Crippen molar-refractivity contribution < 1.29 is 9.59 Å². The van der Waals surface area contributed by atoms with Crippen LogP contribution in [0.25, 0.3) is 0 Å². The molecule has 0 heterocycles. The highest BCUT2D eigenvalue weighted by Gasteiger charge is 2.20. The SMILES string of the molecule is CC(=O)Nc1cccc(C(C)NC(=O)C(CN)c2ccccc2)c1. The minimum atomic E-state index is -0.382. The summed E-state index contributed by atoms with van der Waals surface area (Å²) in [4.78, 5) is 23.7. The summed E-state index contributed by atoms with van der Waals surface area (Å²) in [5.74, 6) is -0.621. The molecule has 0 aliphatic carbocycles. The number of carbonyl (C=O) groups excluding carboxylic acids is 2. The van der Waals surface area contributed by atoms with Gasteiger partial charge in [-0.25, -0.2) is 0 Å². The van der Waals surface area contributed by atoms with Gasteiger partial charge in [0.1, 0.15) is 0 Å². The van der Waals surface area contributed by atoms with E-state index in [2.05, 4.69) is 10.6 Å². The van der Waals surface area contributed by atoms with E-state index in [1.807, 2.05) is 61.5 Å². The number of benzene rings is 2. The zero-order valence-electron chi connectivity index (χ0n) is 14.0. The summed E-state index contributed by atoms with van der Waals surface area (Å²) in [5.41, 5.74) is 8.31. The average Bonchev–Trinajstić information content (AvgIpc) is 2.56. The van der Waals surface area contributed by atoms with Crippen molar-refractivity contribution in [3.8, 4) is 0 Å². The monoisotopic (exact) mass is 325 g/mol. The van der Waals surface area contributed by atoms with Crippen LogP contribution >= 0.6 is 0 Å². The third kappa shape index (κ3) is 4.67. The fraction of sp³-hybridized carbons (Fsp3) is 0.263. The van der Waals surface area contributed by atoms with Crippen molar-refractivity contribution in [2.24, 2.45) is 5.73 Å². The molecular formula is C19H23N3O2. The maximum atomic E-state index is 12.6. The number of amides is 2. The van der Waals surface area contributed by atoms with E-state index in [4.69, 9.17) is 5.73 Å². The van der Waals surface area contributed by atoms with E-state index in [1.54, 1.807) is 0 Å². The Morgan fingerprint density at radius 1 is 1.04 bits per heavy atom. The van der Waals surface area contributed by atoms with Crippen LogP contribution in [0.3, 0.4) is 0 Å². The van der Waals surface area contributed by atoms with Crippen LogP contribution in [-0.2, 0) is 9.59 Å². The van der Waals surface area contributed by atoms with Gasteiger partial charge in [-0.3, -0.25) is 9.59 Å². The molecule has 24 heavy (non-hydrogen) atoms. The molecule has 0 aliphatic heterocycles. The van der Waals surface area contributed by atoms with Gasteiger partial charge < -0.3 is 16.4 Å². The summed E-state index contributed by atoms with van der Waals surface area (Å²) in [7, 11) is 0. The third-order valence-corrected chi connectivity index (χ3v) is 3.82. The molecule has 5 heteroatoms. The molecule has 2 rings (SSSR count). The maximum Gasteiger partial charge on any atom is 0.229 e. The molecule has 126 valence electrons. The molecule has 0 saturated heterocycles. The Kier molecular flexibility index (Phi) is 6.09. The van der Waals surface area contributed by atoms with Crippen LogP contribution in [-0.4, -0.2) is 18.4 Å². The lowest BCUT2D eigenvalue weighted by Crippen LogP contribution is -2.35. The van der Waals surface area contributed by atoms with Gasteiger partial charge in [0.15, 0.2) is 0 Å². The molecule has 0 aliphatic rings. The predicted octanol–water partition coefficient (Wildman–Crippen LogP) is 2.56. The summed E-state index contributed by atoms with van der Waals surface area (Å²) in [5, 5.41) is 5.74. The highest BCUT2D eigenvalue weighted by atomic mass is 16.2. The van der Waals surface area contributed by atoms with Crippen LogP contribution in [0.2, 0.25) is 0 Å². The molecule has 0 spiro atoms. The van der Waals surface area contributed by atoms with E-state index in [-0.39, 0.29) is 30.3 Å². The van der Waals surface area contributed by atoms with Crippen molar-refractivity contribution in [3.05, 3.63) is 65.7 Å². The summed E-state index contributed by atoms with van der Waals surface area (Å²) in [6, 6.07) is 16.7. The zero-order valence-corrected chi connectivity index (χ0v) is 14.0. The van der Waals surface area contributed by atoms with Crippen molar-refractivity contribution >= 4 is 17.5 Å². The Labute approximate surface area is 142 Å². The number of nitrogens with one attached hydrogen (secondary N) is 2. The molecule has 2 aromatic carbocycles. The van der Waals surface area contributed by atoms with Crippen molar-refractivity contribution in [3.63, 3.8) is 0 Å². The lowest BCUT2D eigenvalue weighted by Gasteiger charge is -2.20. The number of hydrogen-bond acceptors (Lipinski definition) is 3. The summed E-state index contributed by atoms with van der Waals surface area (Å²) >= 11 is 0. The molecule has 0 bridgehead atoms. The van der Waals surface area contributed by atoms with Gasteiger partial charge in [-0.05, 0) is 30.2 Å². The first-order valence-corrected chi connectivity index (χ1v) is 7.94. The lowest BCUT2D eigenvalue weighted by molar-refractivity contribution is -0.123. The molecule has 5 nitrogen and oxygen atoms in total. The first-order chi connectivity index (χ1) is 11.5. The van der Waals surface area contributed by atoms with Crippen molar-refractivity contribution in [2.45, 2.75) is 25.8 Å². The average molecular weight is 325 g/mol. The fourth-order valence-corrected chi connectivity index (χ4v) is 2.57. The molecule has 0 saturated carbocycles. The van der Waals surface area contributed by atoms with Gasteiger partial charge in [0.25, 0.3) is 0 Å². The Bertz CT molecular complexity index is 701. The Morgan fingerprint density at radius 2 is 1.71 bits per heavy atom. The van der Waals surface area contributed by atoms with E-state index in [9.17, 15) is 9.59 Å². The topological polar surface area (TPSA) is 84.2 Å². The highest BCUT2D eigenvalue weighted by Crippen LogP contribution is 2.20. The van der Waals surface area contributed by atoms with Crippen LogP contribution in [0.15, 0.2) is 54.6 Å². The van der Waals surface area contributed by atoms with Gasteiger partial charge in [-0.2, -0.15) is 0 Å². The van der Waals surface area contributed by atoms with E-state index >= 15 is 0 Å². The Morgan fingerprint density at radius 3 is 2.33 bits per heavy atom. The van der Waals surface area contributed by atoms with Crippen LogP contribution in [0.4, 0.5) is 5.69 Å². The lowest BCUT2D eigenvalue weighted by atomic mass is 9.97. The second-order valence-corrected chi connectivity index (χ2v) is 5.74. The van der Waals surface area contributed by atoms with Crippen molar-refractivity contribution in [1.29, 1.82) is 0 Å². The van der Waals surface area contributed by atoms with Gasteiger partial charge in [-0.15, -0.1) is 0 Å². The summed E-state index contributed by atoms with van der Waals surface area (Å²) in [6.45, 7) is 3.61. The molecule has 2 aromatic rings. The molecule has 2 atom stereocenters. The van der Waals surface area contributed by atoms with Gasteiger partial charge in [-0.1, -0.05) is 42.5 Å². The van der Waals surface area contributed by atoms with E-state index < -0.39 is 0 Å². The summed E-state index contributed by atoms with van der Waals surface area (Å²) in [6.07, 6.45) is 0. The third-order valence-electron chi connectivity index (χ3n) is 3.82. The van der Waals surface area contributed by atoms with E-state index in [0.29, 0.717) is 5.69 Å². The van der Waals surface area contributed by atoms with E-state index in [0.717, 1.165) is 11.1 Å². The van der Waals surface area contributed by atoms with Gasteiger partial charge in [0.2, 0.25) is 11.8 Å². The molecular weight excluding hydrogens is 302 g/mol. The largest absolute Gasteiger partial charge is 0.349 e. The minimum absolute atomic E-state index is 0.110. The van der Waals surface area contributed by atoms with Gasteiger partial charge >= 0.3 is 0 Å². The normalized spacial score (nSPS) is 13.0. The molecule has 0 aromatic heterocycles. The van der Waals surface area contributed by atoms with Crippen molar-refractivity contribution in [2.75, 3.05) is 11.9 Å². The molecule has 0 fully saturated rings. The Hall–Kier alpha value is -2.66. The standard InChI is InChI=1S/C19H23N3O2/c1-13(16-9-6-10-17(11-16)22-14(2)23)21-19(24)18(12-20)15-7-4-3-5-8-15/h3-11,13,18H,12,20H2,1-2H3,(H,21,24)(H,22,23). The predicted molar refractivity (Wildman–Crippen MR) is 95.5 cm³/mol. The molecule has 4 N–H and O–H groups in total. The van der Waals surface area contributed by atoms with Crippen LogP contribution in [0.5, 0.6) is 0 Å². The van der Waals surface area contributed by atoms with Crippen molar-refractivity contribution in [1.82, 2.24) is 5.32 Å². The minimum Gasteiger partial charge on any atom is -0.349 e. The fourth-order valence-electron chi connectivity index (χ4n) is 2.57. The van der Waals surface area contributed by atoms with Crippen LogP contribution in [0.1, 0.15) is 36.9 Å². The number of anilines is 1. The number of nitrogens with two attached hydrogens (primary N) is 1. The number of hydrogen-bond donors (Lipinski definition) is 3. The number of rotatable bonds is 6. The van der Waals surface area contributed by atoms with Crippen LogP contribution in [0, 0.1) is 0 Å². The molecule has 0 radical (unpaired) electrons. The first-order valence-electron chi connectivity index (χ1n) is 7.94. The smallest absolute Gasteiger partial charge is 0.229 e. The molecule has 2 unspecified atom stereocenters. The first kappa shape index (κ1) is 17.7. The molecule has 2 amide bonds. The van der Waals surface area contributed by atoms with Crippen LogP contribution < -0.4 is 16.4 Å². The maximum absolute atomic E-state index is 12.6. The zero-order chi connectivity index (χ0) is 17.5. The second kappa shape index (κ2) is 8.26. The van der Waals surface area contributed by atoms with E-state index in [1.165, 1.54) is 6.92 Å². The summed E-state index contributed by atoms with van der Waals surface area (Å²) < 4.78 is 0. The van der Waals surface area contributed by atoms with Gasteiger partial charge in [0.05, 0.1) is 12.0 Å². The second-order valence-electron chi connectivity index (χ2n) is 5.74. The quantitative estimate of drug-likeness (QED) is 0.763. The van der Waals surface area contributed by atoms with Gasteiger partial charge in [0, 0.05) is 19.2 Å². The Balaban J connectivity index is 2.09. The highest BCUT2D eigenvalue weighted by molar-refractivity contribution is 5.88.